The van der Waals surface area contributed by atoms with Crippen LogP contribution in [-0.2, 0) is 4.79 Å². The highest BCUT2D eigenvalue weighted by Crippen LogP contribution is 2.23. The second kappa shape index (κ2) is 5.23. The Hall–Kier alpha value is -0.940. The summed E-state index contributed by atoms with van der Waals surface area (Å²) < 4.78 is 13.4. The summed E-state index contributed by atoms with van der Waals surface area (Å²) in [5.74, 6) is -1.45. The van der Waals surface area contributed by atoms with Gasteiger partial charge in [-0.05, 0) is 40.0 Å². The maximum atomic E-state index is 13.1. The Kier molecular flexibility index (Phi) is 4.23. The number of hydrogen-bond donors (Lipinski definition) is 2. The minimum absolute atomic E-state index is 0.0798. The van der Waals surface area contributed by atoms with Gasteiger partial charge in [-0.15, -0.1) is 0 Å². The van der Waals surface area contributed by atoms with Gasteiger partial charge in [0.05, 0.1) is 10.6 Å². The van der Waals surface area contributed by atoms with Gasteiger partial charge in [-0.2, -0.15) is 0 Å². The molecular weight excluding hydrogens is 267 g/mol. The summed E-state index contributed by atoms with van der Waals surface area (Å²) in [5, 5.41) is 18.0. The topological polar surface area (TPSA) is 57.5 Å². The van der Waals surface area contributed by atoms with Gasteiger partial charge in [0.15, 0.2) is 0 Å². The molecule has 15 heavy (non-hydrogen) atoms. The lowest BCUT2D eigenvalue weighted by atomic mass is 10.1. The standard InChI is InChI=1S/C10H10BrFO3/c11-7-2-1-6(5-8(7)12)9(13)3-4-10(14)15/h1-2,5,9,13H,3-4H2,(H,14,15). The number of carboxylic acids is 1. The molecule has 1 aromatic carbocycles. The summed E-state index contributed by atoms with van der Waals surface area (Å²) in [4.78, 5) is 10.3. The summed E-state index contributed by atoms with van der Waals surface area (Å²) in [6.45, 7) is 0. The Labute approximate surface area is 94.7 Å². The van der Waals surface area contributed by atoms with Gasteiger partial charge in [0.1, 0.15) is 5.82 Å². The molecule has 1 atom stereocenters. The van der Waals surface area contributed by atoms with Crippen LogP contribution < -0.4 is 0 Å². The Morgan fingerprint density at radius 3 is 2.73 bits per heavy atom. The van der Waals surface area contributed by atoms with Crippen molar-refractivity contribution < 1.29 is 19.4 Å². The molecule has 0 saturated carbocycles. The molecule has 0 radical (unpaired) electrons. The van der Waals surface area contributed by atoms with Crippen LogP contribution in [0.4, 0.5) is 4.39 Å². The van der Waals surface area contributed by atoms with Gasteiger partial charge in [0.25, 0.3) is 0 Å². The monoisotopic (exact) mass is 276 g/mol. The Balaban J connectivity index is 2.69. The highest BCUT2D eigenvalue weighted by molar-refractivity contribution is 9.10. The van der Waals surface area contributed by atoms with E-state index in [1.54, 1.807) is 6.07 Å². The lowest BCUT2D eigenvalue weighted by molar-refractivity contribution is -0.137. The largest absolute Gasteiger partial charge is 0.481 e. The van der Waals surface area contributed by atoms with Crippen LogP contribution in [0.15, 0.2) is 22.7 Å². The molecule has 0 amide bonds. The van der Waals surface area contributed by atoms with Crippen molar-refractivity contribution in [3.63, 3.8) is 0 Å². The first-order valence-corrected chi connectivity index (χ1v) is 5.15. The number of carboxylic acid groups (broad SMARTS) is 1. The van der Waals surface area contributed by atoms with E-state index < -0.39 is 17.9 Å². The van der Waals surface area contributed by atoms with E-state index in [4.69, 9.17) is 5.11 Å². The molecule has 0 heterocycles. The van der Waals surface area contributed by atoms with Gasteiger partial charge in [-0.1, -0.05) is 6.07 Å². The van der Waals surface area contributed by atoms with E-state index in [0.717, 1.165) is 0 Å². The first-order valence-electron chi connectivity index (χ1n) is 4.35. The van der Waals surface area contributed by atoms with Crippen LogP contribution in [0.5, 0.6) is 0 Å². The minimum atomic E-state index is -0.980. The molecule has 0 aliphatic carbocycles. The normalized spacial score (nSPS) is 12.5. The second-order valence-corrected chi connectivity index (χ2v) is 3.98. The molecule has 0 fully saturated rings. The average Bonchev–Trinajstić information content (AvgIpc) is 2.18. The summed E-state index contributed by atoms with van der Waals surface area (Å²) in [6, 6.07) is 4.23. The van der Waals surface area contributed by atoms with Gasteiger partial charge < -0.3 is 10.2 Å². The van der Waals surface area contributed by atoms with Crippen LogP contribution in [0, 0.1) is 5.82 Å². The fourth-order valence-electron chi connectivity index (χ4n) is 1.15. The van der Waals surface area contributed by atoms with Crippen LogP contribution in [-0.4, -0.2) is 16.2 Å². The van der Waals surface area contributed by atoms with Crippen LogP contribution in [0.1, 0.15) is 24.5 Å². The summed E-state index contributed by atoms with van der Waals surface area (Å²) >= 11 is 2.99. The third kappa shape index (κ3) is 3.60. The minimum Gasteiger partial charge on any atom is -0.481 e. The van der Waals surface area contributed by atoms with E-state index in [9.17, 15) is 14.3 Å². The molecular formula is C10H10BrFO3. The third-order valence-corrected chi connectivity index (χ3v) is 2.60. The van der Waals surface area contributed by atoms with Gasteiger partial charge in [-0.25, -0.2) is 4.39 Å². The molecule has 82 valence electrons. The second-order valence-electron chi connectivity index (χ2n) is 3.12. The van der Waals surface area contributed by atoms with Crippen molar-refractivity contribution in [2.75, 3.05) is 0 Å². The molecule has 0 spiro atoms. The summed E-state index contributed by atoms with van der Waals surface area (Å²) in [7, 11) is 0. The van der Waals surface area contributed by atoms with E-state index in [2.05, 4.69) is 15.9 Å². The number of halogens is 2. The van der Waals surface area contributed by atoms with Gasteiger partial charge in [-0.3, -0.25) is 4.79 Å². The first kappa shape index (κ1) is 12.1. The molecule has 0 bridgehead atoms. The molecule has 0 aromatic heterocycles. The quantitative estimate of drug-likeness (QED) is 0.888. The molecule has 1 aromatic rings. The molecule has 0 aliphatic rings. The van der Waals surface area contributed by atoms with E-state index in [1.807, 2.05) is 0 Å². The van der Waals surface area contributed by atoms with E-state index in [1.165, 1.54) is 12.1 Å². The number of benzene rings is 1. The Morgan fingerprint density at radius 1 is 1.53 bits per heavy atom. The van der Waals surface area contributed by atoms with Gasteiger partial charge in [0.2, 0.25) is 0 Å². The number of aliphatic hydroxyl groups excluding tert-OH is 1. The highest BCUT2D eigenvalue weighted by atomic mass is 79.9. The van der Waals surface area contributed by atoms with Crippen molar-refractivity contribution in [1.29, 1.82) is 0 Å². The zero-order valence-corrected chi connectivity index (χ0v) is 9.37. The highest BCUT2D eigenvalue weighted by Gasteiger charge is 2.11. The molecule has 0 saturated heterocycles. The fourth-order valence-corrected chi connectivity index (χ4v) is 1.39. The van der Waals surface area contributed by atoms with E-state index >= 15 is 0 Å². The zero-order valence-electron chi connectivity index (χ0n) is 7.78. The first-order chi connectivity index (χ1) is 7.00. The number of aliphatic hydroxyl groups is 1. The van der Waals surface area contributed by atoms with E-state index in [-0.39, 0.29) is 12.8 Å². The molecule has 3 nitrogen and oxygen atoms in total. The third-order valence-electron chi connectivity index (χ3n) is 1.96. The number of hydrogen-bond acceptors (Lipinski definition) is 2. The van der Waals surface area contributed by atoms with Gasteiger partial charge >= 0.3 is 5.97 Å². The lowest BCUT2D eigenvalue weighted by Crippen LogP contribution is -2.02. The Morgan fingerprint density at radius 2 is 2.20 bits per heavy atom. The number of carbonyl (C=O) groups is 1. The maximum absolute atomic E-state index is 13.1. The van der Waals surface area contributed by atoms with E-state index in [0.29, 0.717) is 10.0 Å². The molecule has 1 rings (SSSR count). The van der Waals surface area contributed by atoms with Crippen molar-refractivity contribution in [2.45, 2.75) is 18.9 Å². The zero-order chi connectivity index (χ0) is 11.4. The molecule has 0 aliphatic heterocycles. The predicted molar refractivity (Wildman–Crippen MR) is 55.9 cm³/mol. The van der Waals surface area contributed by atoms with Gasteiger partial charge in [0, 0.05) is 6.42 Å². The SMILES string of the molecule is O=C(O)CCC(O)c1ccc(Br)c(F)c1. The Bertz CT molecular complexity index is 368. The average molecular weight is 277 g/mol. The summed E-state index contributed by atoms with van der Waals surface area (Å²) in [5.41, 5.74) is 0.386. The number of aliphatic carboxylic acids is 1. The van der Waals surface area contributed by atoms with Crippen molar-refractivity contribution in [2.24, 2.45) is 0 Å². The van der Waals surface area contributed by atoms with Crippen molar-refractivity contribution in [1.82, 2.24) is 0 Å². The molecule has 2 N–H and O–H groups in total. The smallest absolute Gasteiger partial charge is 0.303 e. The number of rotatable bonds is 4. The lowest BCUT2D eigenvalue weighted by Gasteiger charge is -2.09. The fraction of sp³-hybridized carbons (Fsp3) is 0.300. The van der Waals surface area contributed by atoms with Crippen LogP contribution in [0.25, 0.3) is 0 Å². The van der Waals surface area contributed by atoms with Crippen molar-refractivity contribution in [3.05, 3.63) is 34.1 Å². The molecule has 1 unspecified atom stereocenters. The van der Waals surface area contributed by atoms with Crippen LogP contribution in [0.2, 0.25) is 0 Å². The summed E-state index contributed by atoms with van der Waals surface area (Å²) in [6.07, 6.45) is -1.00. The maximum Gasteiger partial charge on any atom is 0.303 e. The van der Waals surface area contributed by atoms with Crippen molar-refractivity contribution in [3.8, 4) is 0 Å². The predicted octanol–water partition coefficient (Wildman–Crippen LogP) is 2.49. The van der Waals surface area contributed by atoms with Crippen LogP contribution in [0.3, 0.4) is 0 Å². The molecule has 5 heteroatoms. The van der Waals surface area contributed by atoms with Crippen molar-refractivity contribution >= 4 is 21.9 Å². The van der Waals surface area contributed by atoms with Crippen LogP contribution >= 0.6 is 15.9 Å².